The van der Waals surface area contributed by atoms with E-state index in [-0.39, 0.29) is 36.3 Å². The van der Waals surface area contributed by atoms with Gasteiger partial charge in [-0.1, -0.05) is 182 Å². The third kappa shape index (κ3) is 67.2. The van der Waals surface area contributed by atoms with Crippen molar-refractivity contribution in [3.8, 4) is 0 Å². The Morgan fingerprint density at radius 2 is 0.452 bits per heavy atom. The lowest BCUT2D eigenvalue weighted by atomic mass is 10.0. The summed E-state index contributed by atoms with van der Waals surface area (Å²) in [4.78, 5) is 39.8. The second-order valence-electron chi connectivity index (χ2n) is 21.0. The summed E-state index contributed by atoms with van der Waals surface area (Å²) in [5, 5.41) is 67.5. The molecule has 0 radical (unpaired) electrons. The molecule has 0 amide bonds. The summed E-state index contributed by atoms with van der Waals surface area (Å²) < 4.78 is 63.2. The van der Waals surface area contributed by atoms with Gasteiger partial charge in [0, 0.05) is 36.3 Å². The van der Waals surface area contributed by atoms with E-state index in [9.17, 15) is 19.2 Å². The molecule has 93 heavy (non-hydrogen) atoms. The number of benzene rings is 6. The summed E-state index contributed by atoms with van der Waals surface area (Å²) in [6.07, 6.45) is -3.98. The fourth-order valence-corrected chi connectivity index (χ4v) is 6.86. The van der Waals surface area contributed by atoms with Gasteiger partial charge in [-0.25, -0.2) is 9.59 Å². The first kappa shape index (κ1) is 91.9. The number of rotatable bonds is 20. The molecular formula is C64H99N7O20S2. The third-order valence-electron chi connectivity index (χ3n) is 10.6. The van der Waals surface area contributed by atoms with Crippen molar-refractivity contribution >= 4 is 44.7 Å². The zero-order valence-corrected chi connectivity index (χ0v) is 54.7. The fraction of sp³-hybridized carbons (Fsp3) is 0.375. The maximum absolute atomic E-state index is 10.1. The van der Waals surface area contributed by atoms with Gasteiger partial charge in [0.05, 0.1) is 6.42 Å². The van der Waals surface area contributed by atoms with Crippen LogP contribution in [0.3, 0.4) is 0 Å². The highest BCUT2D eigenvalue weighted by Gasteiger charge is 2.37. The van der Waals surface area contributed by atoms with Crippen LogP contribution in [0.15, 0.2) is 182 Å². The monoisotopic (exact) mass is 1350 g/mol. The van der Waals surface area contributed by atoms with Crippen LogP contribution in [0.25, 0.3) is 0 Å². The van der Waals surface area contributed by atoms with Crippen molar-refractivity contribution in [3.05, 3.63) is 215 Å². The van der Waals surface area contributed by atoms with E-state index in [4.69, 9.17) is 116 Å². The zero-order valence-electron chi connectivity index (χ0n) is 53.1. The molecule has 0 bridgehead atoms. The van der Waals surface area contributed by atoms with Gasteiger partial charge in [0.2, 0.25) is 0 Å². The predicted molar refractivity (Wildman–Crippen MR) is 358 cm³/mol. The van der Waals surface area contributed by atoms with Crippen LogP contribution in [0.4, 0.5) is 0 Å². The highest BCUT2D eigenvalue weighted by atomic mass is 32.3. The largest absolute Gasteiger partial charge is 0.481 e. The zero-order chi connectivity index (χ0) is 72.3. The molecule has 27 nitrogen and oxygen atoms in total. The molecule has 2 unspecified atom stereocenters. The maximum Gasteiger partial charge on any atom is 0.394 e. The highest BCUT2D eigenvalue weighted by Crippen LogP contribution is 2.07. The quantitative estimate of drug-likeness (QED) is 0.0485. The van der Waals surface area contributed by atoms with E-state index in [1.165, 1.54) is 33.4 Å². The lowest BCUT2D eigenvalue weighted by Gasteiger charge is -2.21. The first-order valence-electron chi connectivity index (χ1n) is 28.6. The molecule has 6 aromatic carbocycles. The predicted octanol–water partition coefficient (Wildman–Crippen LogP) is 3.62. The Balaban J connectivity index is -0.000000478. The number of aliphatic hydroxyl groups is 4. The van der Waals surface area contributed by atoms with E-state index in [1.54, 1.807) is 0 Å². The van der Waals surface area contributed by atoms with Crippen molar-refractivity contribution in [3.63, 3.8) is 0 Å². The maximum atomic E-state index is 10.1. The van der Waals surface area contributed by atoms with Crippen LogP contribution in [-0.2, 0) is 78.5 Å². The molecule has 0 aliphatic rings. The second-order valence-corrected chi connectivity index (χ2v) is 22.8. The minimum Gasteiger partial charge on any atom is -0.481 e. The number of aliphatic hydroxyl groups excluding tert-OH is 4. The van der Waals surface area contributed by atoms with Gasteiger partial charge < -0.3 is 81.0 Å². The number of hydrogen-bond donors (Lipinski definition) is 19. The molecule has 522 valence electrons. The SMILES string of the molecule is CC(N)Cc1ccccc1.CC(N)Cc1ccccc1.C[C@H](N)Cc1ccccc1.C[C@H](N)Cc1ccccc1.C[C@H](N)Cc1ccccc1.C[C@H](N)Cc1ccccc1.N[C@@H](CC(=O)O)C(=O)O.O=C(O)[C@@H](O)[C@@H](O)[C@H](O)[C@@H](O)C(=O)O.O=S(=O)(O)O.O=S(=O)(O)O. The topological polar surface area (TPSA) is 561 Å². The number of carboxylic acids is 4. The molecule has 0 spiro atoms. The van der Waals surface area contributed by atoms with Crippen LogP contribution in [0, 0.1) is 0 Å². The van der Waals surface area contributed by atoms with Crippen molar-refractivity contribution in [2.75, 3.05) is 0 Å². The van der Waals surface area contributed by atoms with Crippen molar-refractivity contribution in [1.82, 2.24) is 0 Å². The molecule has 0 saturated heterocycles. The molecule has 0 aliphatic carbocycles. The van der Waals surface area contributed by atoms with Crippen LogP contribution in [-0.4, -0.2) is 166 Å². The fourth-order valence-electron chi connectivity index (χ4n) is 6.86. The van der Waals surface area contributed by atoms with Crippen LogP contribution in [0.2, 0.25) is 0 Å². The lowest BCUT2D eigenvalue weighted by molar-refractivity contribution is -0.172. The van der Waals surface area contributed by atoms with E-state index in [0.29, 0.717) is 0 Å². The van der Waals surface area contributed by atoms with Gasteiger partial charge in [-0.3, -0.25) is 27.8 Å². The Morgan fingerprint density at radius 1 is 0.312 bits per heavy atom. The Morgan fingerprint density at radius 3 is 0.538 bits per heavy atom. The normalized spacial score (nSPS) is 13.8. The van der Waals surface area contributed by atoms with Gasteiger partial charge in [-0.05, 0) is 113 Å². The van der Waals surface area contributed by atoms with Gasteiger partial charge in [0.15, 0.2) is 12.2 Å². The molecule has 0 saturated carbocycles. The van der Waals surface area contributed by atoms with Crippen LogP contribution >= 0.6 is 0 Å². The minimum atomic E-state index is -4.67. The molecule has 0 aliphatic heterocycles. The average Bonchev–Trinajstić information content (AvgIpc) is 1.04. The van der Waals surface area contributed by atoms with Gasteiger partial charge in [0.25, 0.3) is 0 Å². The number of hydrogen-bond acceptors (Lipinski definition) is 19. The molecular weight excluding hydrogens is 1250 g/mol. The summed E-state index contributed by atoms with van der Waals surface area (Å²) in [5.74, 6) is -6.18. The summed E-state index contributed by atoms with van der Waals surface area (Å²) in [6, 6.07) is 62.1. The summed E-state index contributed by atoms with van der Waals surface area (Å²) in [6.45, 7) is 12.1. The standard InChI is InChI=1S/6C9H13N.C6H10O8.C4H7NO4.2H2O4S/c6*1-8(10)7-9-5-3-2-4-6-9;7-1(3(9)5(11)12)2(8)4(10)6(13)14;5-2(4(8)9)1-3(6)7;2*1-5(2,3)4/h6*2-6,8H,7,10H2,1H3;1-4,7-10H,(H,11,12)(H,13,14);2H,1,5H2,(H,6,7)(H,8,9);2*(H2,1,2,3,4)/t4*8-;;;1-,2-,3-,4+;2-;;/m0000..00../s1. The molecule has 26 N–H and O–H groups in total. The van der Waals surface area contributed by atoms with Crippen molar-refractivity contribution in [2.45, 2.75) is 153 Å². The Hall–Kier alpha value is -7.50. The number of carboxylic acid groups (broad SMARTS) is 4. The number of aliphatic carboxylic acids is 4. The molecule has 0 heterocycles. The summed E-state index contributed by atoms with van der Waals surface area (Å²) in [5.41, 5.74) is 46.5. The Labute approximate surface area is 546 Å². The van der Waals surface area contributed by atoms with Crippen molar-refractivity contribution in [2.24, 2.45) is 40.1 Å². The van der Waals surface area contributed by atoms with Gasteiger partial charge in [-0.15, -0.1) is 0 Å². The third-order valence-corrected chi connectivity index (χ3v) is 10.6. The van der Waals surface area contributed by atoms with Gasteiger partial charge in [0.1, 0.15) is 18.2 Å². The number of carbonyl (C=O) groups is 4. The van der Waals surface area contributed by atoms with Crippen LogP contribution in [0.1, 0.15) is 81.3 Å². The average molecular weight is 1350 g/mol. The van der Waals surface area contributed by atoms with Crippen LogP contribution < -0.4 is 40.1 Å². The van der Waals surface area contributed by atoms with E-state index in [1.807, 2.05) is 151 Å². The van der Waals surface area contributed by atoms with E-state index >= 15 is 0 Å². The Kier molecular flexibility index (Phi) is 53.3. The number of nitrogens with two attached hydrogens (primary N) is 7. The molecule has 6 aromatic rings. The van der Waals surface area contributed by atoms with Crippen LogP contribution in [0.5, 0.6) is 0 Å². The van der Waals surface area contributed by atoms with Gasteiger partial charge in [-0.2, -0.15) is 16.8 Å². The minimum absolute atomic E-state index is 0.266. The first-order valence-corrected chi connectivity index (χ1v) is 31.4. The molecule has 0 aromatic heterocycles. The van der Waals surface area contributed by atoms with Gasteiger partial charge >= 0.3 is 44.7 Å². The lowest BCUT2D eigenvalue weighted by Crippen LogP contribution is -2.49. The molecule has 6 rings (SSSR count). The van der Waals surface area contributed by atoms with Crippen molar-refractivity contribution < 1.29 is 95.1 Å². The van der Waals surface area contributed by atoms with Crippen molar-refractivity contribution in [1.29, 1.82) is 0 Å². The van der Waals surface area contributed by atoms with E-state index in [0.717, 1.165) is 38.5 Å². The smallest absolute Gasteiger partial charge is 0.394 e. The molecule has 0 fully saturated rings. The summed E-state index contributed by atoms with van der Waals surface area (Å²) in [7, 11) is -9.33. The Bertz CT molecular complexity index is 2620. The van der Waals surface area contributed by atoms with E-state index < -0.39 is 81.6 Å². The molecule has 29 heteroatoms. The molecule has 11 atom stereocenters. The highest BCUT2D eigenvalue weighted by molar-refractivity contribution is 7.80. The van der Waals surface area contributed by atoms with E-state index in [2.05, 4.69) is 72.8 Å². The summed E-state index contributed by atoms with van der Waals surface area (Å²) >= 11 is 0. The first-order chi connectivity index (χ1) is 43.0. The second kappa shape index (κ2) is 54.0.